The van der Waals surface area contributed by atoms with Gasteiger partial charge in [0.1, 0.15) is 17.5 Å². The van der Waals surface area contributed by atoms with Crippen molar-refractivity contribution in [3.8, 4) is 0 Å². The molecule has 1 amide bonds. The van der Waals surface area contributed by atoms with E-state index in [0.717, 1.165) is 17.3 Å². The number of aliphatic hydroxyl groups is 1. The molecule has 4 rings (SSSR count). The van der Waals surface area contributed by atoms with Gasteiger partial charge in [0.2, 0.25) is 5.91 Å². The number of rotatable bonds is 6. The van der Waals surface area contributed by atoms with Crippen LogP contribution in [0, 0.1) is 18.7 Å². The van der Waals surface area contributed by atoms with Crippen molar-refractivity contribution in [1.29, 1.82) is 0 Å². The summed E-state index contributed by atoms with van der Waals surface area (Å²) in [6, 6.07) is 6.85. The molecule has 0 radical (unpaired) electrons. The molecular formula is C26H29F3N4O2. The number of carbonyl (C=O) groups excluding carboxylic acids is 1. The lowest BCUT2D eigenvalue weighted by atomic mass is 9.85. The normalized spacial score (nSPS) is 17.0. The van der Waals surface area contributed by atoms with Crippen molar-refractivity contribution in [2.24, 2.45) is 5.92 Å². The summed E-state index contributed by atoms with van der Waals surface area (Å²) in [6.45, 7) is 7.51. The van der Waals surface area contributed by atoms with Crippen molar-refractivity contribution >= 4 is 28.3 Å². The van der Waals surface area contributed by atoms with E-state index in [1.54, 1.807) is 25.8 Å². The first kappa shape index (κ1) is 24.9. The highest BCUT2D eigenvalue weighted by Crippen LogP contribution is 2.44. The van der Waals surface area contributed by atoms with Crippen molar-refractivity contribution in [1.82, 2.24) is 9.97 Å². The SMILES string of the molecule is Cc1nc(N[C@H](C)c2cccc(C(F)(F)[C@@H](C)CO)c2F)c2cc3c(cc2n1)C(C)(C)C(=O)N3C. The number of carbonyl (C=O) groups is 1. The summed E-state index contributed by atoms with van der Waals surface area (Å²) >= 11 is 0. The zero-order valence-corrected chi connectivity index (χ0v) is 20.6. The molecule has 0 aliphatic carbocycles. The van der Waals surface area contributed by atoms with Crippen LogP contribution in [0.3, 0.4) is 0 Å². The molecule has 9 heteroatoms. The van der Waals surface area contributed by atoms with Crippen LogP contribution in [0.4, 0.5) is 24.7 Å². The van der Waals surface area contributed by atoms with E-state index in [1.807, 2.05) is 26.0 Å². The highest BCUT2D eigenvalue weighted by molar-refractivity contribution is 6.10. The van der Waals surface area contributed by atoms with Gasteiger partial charge in [-0.15, -0.1) is 0 Å². The summed E-state index contributed by atoms with van der Waals surface area (Å²) in [5.41, 5.74) is 0.813. The van der Waals surface area contributed by atoms with Crippen molar-refractivity contribution in [2.45, 2.75) is 52.0 Å². The summed E-state index contributed by atoms with van der Waals surface area (Å²) in [4.78, 5) is 23.4. The standard InChI is InChI=1S/C26H29F3N4O2/c1-13(12-34)26(28,29)18-9-7-8-16(22(18)27)14(2)30-23-17-10-21-19(11-20(17)31-15(3)32-23)25(4,5)24(35)33(21)6/h7-11,13-14,34H,12H2,1-6H3,(H,30,31,32)/t13-,14+/m0/s1. The summed E-state index contributed by atoms with van der Waals surface area (Å²) in [5.74, 6) is -5.14. The molecule has 2 heterocycles. The van der Waals surface area contributed by atoms with Gasteiger partial charge in [-0.05, 0) is 45.4 Å². The van der Waals surface area contributed by atoms with Crippen LogP contribution in [0.25, 0.3) is 10.9 Å². The molecule has 35 heavy (non-hydrogen) atoms. The monoisotopic (exact) mass is 486 g/mol. The maximum absolute atomic E-state index is 15.3. The minimum atomic E-state index is -3.53. The van der Waals surface area contributed by atoms with Gasteiger partial charge < -0.3 is 15.3 Å². The molecule has 0 saturated carbocycles. The Morgan fingerprint density at radius 3 is 2.54 bits per heavy atom. The van der Waals surface area contributed by atoms with E-state index in [2.05, 4.69) is 15.3 Å². The van der Waals surface area contributed by atoms with Gasteiger partial charge >= 0.3 is 0 Å². The second-order valence-corrected chi connectivity index (χ2v) is 9.78. The van der Waals surface area contributed by atoms with Gasteiger partial charge in [-0.25, -0.2) is 23.1 Å². The number of benzene rings is 2. The largest absolute Gasteiger partial charge is 0.396 e. The van der Waals surface area contributed by atoms with Crippen LogP contribution >= 0.6 is 0 Å². The third-order valence-corrected chi connectivity index (χ3v) is 6.90. The van der Waals surface area contributed by atoms with E-state index in [9.17, 15) is 18.7 Å². The van der Waals surface area contributed by atoms with Crippen LogP contribution in [0.15, 0.2) is 30.3 Å². The van der Waals surface area contributed by atoms with Crippen LogP contribution in [0.5, 0.6) is 0 Å². The molecule has 186 valence electrons. The number of alkyl halides is 2. The second-order valence-electron chi connectivity index (χ2n) is 9.78. The summed E-state index contributed by atoms with van der Waals surface area (Å²) in [5, 5.41) is 13.0. The third kappa shape index (κ3) is 3.91. The number of aryl methyl sites for hydroxylation is 1. The molecule has 1 aliphatic heterocycles. The molecule has 2 aromatic carbocycles. The van der Waals surface area contributed by atoms with Crippen molar-refractivity contribution in [2.75, 3.05) is 23.9 Å². The number of amides is 1. The fourth-order valence-corrected chi connectivity index (χ4v) is 4.62. The van der Waals surface area contributed by atoms with E-state index in [0.29, 0.717) is 22.5 Å². The molecule has 1 aliphatic rings. The highest BCUT2D eigenvalue weighted by Gasteiger charge is 2.43. The van der Waals surface area contributed by atoms with Gasteiger partial charge in [-0.2, -0.15) is 0 Å². The minimum absolute atomic E-state index is 0.0349. The average molecular weight is 487 g/mol. The summed E-state index contributed by atoms with van der Waals surface area (Å²) < 4.78 is 44.7. The van der Waals surface area contributed by atoms with Gasteiger partial charge in [-0.3, -0.25) is 4.79 Å². The Kier molecular flexibility index (Phi) is 6.03. The number of fused-ring (bicyclic) bond motifs is 2. The molecule has 0 fully saturated rings. The Labute approximate surface area is 202 Å². The van der Waals surface area contributed by atoms with Gasteiger partial charge in [0.05, 0.1) is 29.1 Å². The zero-order chi connectivity index (χ0) is 25.9. The molecule has 0 unspecified atom stereocenters. The maximum atomic E-state index is 15.3. The van der Waals surface area contributed by atoms with Crippen molar-refractivity contribution in [3.05, 3.63) is 58.7 Å². The lowest BCUT2D eigenvalue weighted by molar-refractivity contribution is -0.121. The van der Waals surface area contributed by atoms with Crippen LogP contribution in [-0.4, -0.2) is 34.6 Å². The molecule has 3 aromatic rings. The quantitative estimate of drug-likeness (QED) is 0.499. The van der Waals surface area contributed by atoms with Crippen LogP contribution < -0.4 is 10.2 Å². The number of aliphatic hydroxyl groups excluding tert-OH is 1. The van der Waals surface area contributed by atoms with Gasteiger partial charge in [-0.1, -0.05) is 25.1 Å². The Hall–Kier alpha value is -3.20. The zero-order valence-electron chi connectivity index (χ0n) is 20.6. The van der Waals surface area contributed by atoms with Gasteiger partial charge in [0.25, 0.3) is 5.92 Å². The Morgan fingerprint density at radius 1 is 1.20 bits per heavy atom. The Balaban J connectivity index is 1.77. The van der Waals surface area contributed by atoms with E-state index < -0.39 is 41.3 Å². The predicted octanol–water partition coefficient (Wildman–Crippen LogP) is 5.22. The lowest BCUT2D eigenvalue weighted by Crippen LogP contribution is -2.33. The first-order chi connectivity index (χ1) is 16.3. The number of hydrogen-bond acceptors (Lipinski definition) is 5. The van der Waals surface area contributed by atoms with Crippen molar-refractivity contribution in [3.63, 3.8) is 0 Å². The number of nitrogens with zero attached hydrogens (tertiary/aromatic N) is 3. The van der Waals surface area contributed by atoms with Gasteiger partial charge in [0.15, 0.2) is 0 Å². The fraction of sp³-hybridized carbons (Fsp3) is 0.423. The second kappa shape index (κ2) is 8.48. The molecule has 6 nitrogen and oxygen atoms in total. The number of likely N-dealkylation sites (N-methyl/N-ethyl adjacent to an activating group) is 1. The van der Waals surface area contributed by atoms with E-state index in [1.165, 1.54) is 19.1 Å². The lowest BCUT2D eigenvalue weighted by Gasteiger charge is -2.25. The molecule has 0 spiro atoms. The average Bonchev–Trinajstić information content (AvgIpc) is 2.96. The Morgan fingerprint density at radius 2 is 1.89 bits per heavy atom. The van der Waals surface area contributed by atoms with Crippen LogP contribution in [0.2, 0.25) is 0 Å². The van der Waals surface area contributed by atoms with E-state index in [4.69, 9.17) is 0 Å². The fourth-order valence-electron chi connectivity index (χ4n) is 4.62. The highest BCUT2D eigenvalue weighted by atomic mass is 19.3. The molecular weight excluding hydrogens is 457 g/mol. The minimum Gasteiger partial charge on any atom is -0.396 e. The Bertz CT molecular complexity index is 1330. The van der Waals surface area contributed by atoms with Crippen LogP contribution in [0.1, 0.15) is 56.3 Å². The van der Waals surface area contributed by atoms with E-state index in [-0.39, 0.29) is 11.5 Å². The molecule has 0 saturated heterocycles. The van der Waals surface area contributed by atoms with E-state index >= 15 is 4.39 Å². The predicted molar refractivity (Wildman–Crippen MR) is 129 cm³/mol. The topological polar surface area (TPSA) is 78.4 Å². The van der Waals surface area contributed by atoms with Crippen LogP contribution in [-0.2, 0) is 16.1 Å². The number of hydrogen-bond donors (Lipinski definition) is 2. The first-order valence-electron chi connectivity index (χ1n) is 11.5. The van der Waals surface area contributed by atoms with Gasteiger partial charge in [0, 0.05) is 29.6 Å². The number of nitrogens with one attached hydrogen (secondary N) is 1. The molecule has 2 atom stereocenters. The molecule has 0 bridgehead atoms. The maximum Gasteiger partial charge on any atom is 0.280 e. The third-order valence-electron chi connectivity index (χ3n) is 6.90. The summed E-state index contributed by atoms with van der Waals surface area (Å²) in [6.07, 6.45) is 0. The number of halogens is 3. The number of aromatic nitrogens is 2. The number of anilines is 2. The molecule has 1 aromatic heterocycles. The summed E-state index contributed by atoms with van der Waals surface area (Å²) in [7, 11) is 1.71. The smallest absolute Gasteiger partial charge is 0.280 e. The first-order valence-corrected chi connectivity index (χ1v) is 11.5. The van der Waals surface area contributed by atoms with Crippen molar-refractivity contribution < 1.29 is 23.1 Å². The molecule has 2 N–H and O–H groups in total.